The summed E-state index contributed by atoms with van der Waals surface area (Å²) in [5.74, 6) is 0.848. The van der Waals surface area contributed by atoms with E-state index in [-0.39, 0.29) is 12.0 Å². The van der Waals surface area contributed by atoms with Crippen LogP contribution in [0.4, 0.5) is 5.82 Å². The topological polar surface area (TPSA) is 89.8 Å². The molecule has 2 atom stereocenters. The predicted octanol–water partition coefficient (Wildman–Crippen LogP) is 4.24. The number of ether oxygens (including phenoxy) is 1. The third kappa shape index (κ3) is 3.45. The van der Waals surface area contributed by atoms with Crippen LogP contribution in [0.15, 0.2) is 42.6 Å². The van der Waals surface area contributed by atoms with Crippen LogP contribution < -0.4 is 10.5 Å². The number of rotatable bonds is 4. The number of anilines is 1. The summed E-state index contributed by atoms with van der Waals surface area (Å²) in [6, 6.07) is 14.4. The van der Waals surface area contributed by atoms with Gasteiger partial charge in [-0.05, 0) is 24.5 Å². The minimum atomic E-state index is -0.0446. The Morgan fingerprint density at radius 1 is 1.15 bits per heavy atom. The van der Waals surface area contributed by atoms with Gasteiger partial charge in [-0.15, -0.1) is 0 Å². The molecule has 1 fully saturated rings. The Hall–Kier alpha value is -3.07. The van der Waals surface area contributed by atoms with Gasteiger partial charge >= 0.3 is 0 Å². The molecule has 4 rings (SSSR count). The van der Waals surface area contributed by atoms with Crippen LogP contribution in [0, 0.1) is 17.2 Å². The molecule has 1 aliphatic carbocycles. The number of pyridine rings is 1. The van der Waals surface area contributed by atoms with Crippen LogP contribution in [0.25, 0.3) is 10.9 Å². The summed E-state index contributed by atoms with van der Waals surface area (Å²) in [6.45, 7) is 0.418. The molecular weight excluding hydrogens is 338 g/mol. The molecule has 1 aliphatic rings. The molecule has 2 N–H and O–H groups in total. The van der Waals surface area contributed by atoms with Crippen LogP contribution in [0.1, 0.15) is 43.7 Å². The van der Waals surface area contributed by atoms with Crippen molar-refractivity contribution in [1.29, 1.82) is 5.26 Å². The van der Waals surface area contributed by atoms with Crippen LogP contribution in [-0.2, 0) is 6.61 Å². The number of hydrogen-bond acceptors (Lipinski definition) is 5. The number of benzene rings is 1. The second kappa shape index (κ2) is 7.67. The average Bonchev–Trinajstić information content (AvgIpc) is 2.89. The van der Waals surface area contributed by atoms with E-state index in [1.165, 1.54) is 0 Å². The van der Waals surface area contributed by atoms with Gasteiger partial charge in [0, 0.05) is 6.20 Å². The number of nitrogens with two attached hydrogens (primary N) is 1. The Morgan fingerprint density at radius 2 is 1.96 bits per heavy atom. The predicted molar refractivity (Wildman–Crippen MR) is 104 cm³/mol. The minimum absolute atomic E-state index is 0.0432. The van der Waals surface area contributed by atoms with Crippen LogP contribution in [0.5, 0.6) is 5.88 Å². The first-order valence-corrected chi connectivity index (χ1v) is 9.47. The fraction of sp³-hybridized carbons (Fsp3) is 0.381. The quantitative estimate of drug-likeness (QED) is 0.702. The maximum Gasteiger partial charge on any atom is 0.227 e. The molecule has 6 nitrogen and oxygen atoms in total. The van der Waals surface area contributed by atoms with Gasteiger partial charge in [0.05, 0.1) is 23.5 Å². The van der Waals surface area contributed by atoms with Gasteiger partial charge in [-0.2, -0.15) is 10.4 Å². The largest absolute Gasteiger partial charge is 0.472 e. The van der Waals surface area contributed by atoms with Gasteiger partial charge in [0.1, 0.15) is 12.0 Å². The maximum atomic E-state index is 9.63. The summed E-state index contributed by atoms with van der Waals surface area (Å²) in [5.41, 5.74) is 8.20. The van der Waals surface area contributed by atoms with Crippen LogP contribution in [0.2, 0.25) is 0 Å². The molecule has 0 aliphatic heterocycles. The summed E-state index contributed by atoms with van der Waals surface area (Å²) < 4.78 is 7.89. The van der Waals surface area contributed by atoms with Crippen molar-refractivity contribution in [3.8, 4) is 11.9 Å². The van der Waals surface area contributed by atoms with E-state index in [1.54, 1.807) is 6.20 Å². The van der Waals surface area contributed by atoms with E-state index in [0.717, 1.165) is 48.6 Å². The highest BCUT2D eigenvalue weighted by molar-refractivity contribution is 5.93. The Kier molecular flexibility index (Phi) is 4.93. The summed E-state index contributed by atoms with van der Waals surface area (Å²) >= 11 is 0. The zero-order valence-corrected chi connectivity index (χ0v) is 15.2. The van der Waals surface area contributed by atoms with Crippen molar-refractivity contribution >= 4 is 16.7 Å². The summed E-state index contributed by atoms with van der Waals surface area (Å²) in [7, 11) is 0. The van der Waals surface area contributed by atoms with Gasteiger partial charge < -0.3 is 10.5 Å². The van der Waals surface area contributed by atoms with Crippen molar-refractivity contribution in [3.63, 3.8) is 0 Å². The molecule has 0 amide bonds. The van der Waals surface area contributed by atoms with Crippen molar-refractivity contribution in [1.82, 2.24) is 14.8 Å². The average molecular weight is 361 g/mol. The van der Waals surface area contributed by atoms with Crippen LogP contribution >= 0.6 is 0 Å². The maximum absolute atomic E-state index is 9.63. The minimum Gasteiger partial charge on any atom is -0.472 e. The van der Waals surface area contributed by atoms with Crippen molar-refractivity contribution in [2.45, 2.75) is 44.8 Å². The molecule has 3 aromatic rings. The van der Waals surface area contributed by atoms with Crippen LogP contribution in [-0.4, -0.2) is 14.8 Å². The zero-order chi connectivity index (χ0) is 18.6. The number of hydrogen-bond donors (Lipinski definition) is 1. The van der Waals surface area contributed by atoms with E-state index in [2.05, 4.69) is 16.2 Å². The lowest BCUT2D eigenvalue weighted by molar-refractivity contribution is 0.298. The third-order valence-electron chi connectivity index (χ3n) is 5.29. The Bertz CT molecular complexity index is 960. The molecule has 0 spiro atoms. The molecule has 1 saturated carbocycles. The van der Waals surface area contributed by atoms with Gasteiger partial charge in [0.25, 0.3) is 0 Å². The van der Waals surface area contributed by atoms with E-state index < -0.39 is 0 Å². The molecule has 2 aromatic heterocycles. The molecule has 0 radical (unpaired) electrons. The van der Waals surface area contributed by atoms with E-state index in [9.17, 15) is 5.26 Å². The molecule has 27 heavy (non-hydrogen) atoms. The normalized spacial score (nSPS) is 20.1. The highest BCUT2D eigenvalue weighted by atomic mass is 16.5. The Morgan fingerprint density at radius 3 is 2.78 bits per heavy atom. The molecule has 138 valence electrons. The molecule has 0 bridgehead atoms. The van der Waals surface area contributed by atoms with Gasteiger partial charge in [-0.25, -0.2) is 4.98 Å². The monoisotopic (exact) mass is 361 g/mol. The van der Waals surface area contributed by atoms with E-state index in [1.807, 2.05) is 41.1 Å². The number of aromatic nitrogens is 3. The van der Waals surface area contributed by atoms with Gasteiger partial charge in [0.15, 0.2) is 5.82 Å². The summed E-state index contributed by atoms with van der Waals surface area (Å²) in [4.78, 5) is 4.38. The Labute approximate surface area is 158 Å². The first-order valence-electron chi connectivity index (χ1n) is 9.47. The first kappa shape index (κ1) is 17.3. The molecule has 6 heteroatoms. The zero-order valence-electron chi connectivity index (χ0n) is 15.2. The first-order chi connectivity index (χ1) is 13.3. The summed E-state index contributed by atoms with van der Waals surface area (Å²) in [5, 5.41) is 15.0. The van der Waals surface area contributed by atoms with E-state index in [4.69, 9.17) is 10.5 Å². The number of nitrogen functional groups attached to an aromatic ring is 1. The highest BCUT2D eigenvalue weighted by Gasteiger charge is 2.28. The van der Waals surface area contributed by atoms with Gasteiger partial charge in [0.2, 0.25) is 5.88 Å². The smallest absolute Gasteiger partial charge is 0.227 e. The summed E-state index contributed by atoms with van der Waals surface area (Å²) in [6.07, 6.45) is 6.93. The lowest BCUT2D eigenvalue weighted by atomic mass is 9.96. The lowest BCUT2D eigenvalue weighted by Crippen LogP contribution is -2.18. The third-order valence-corrected chi connectivity index (χ3v) is 5.29. The van der Waals surface area contributed by atoms with Crippen molar-refractivity contribution in [3.05, 3.63) is 48.2 Å². The molecular formula is C21H23N5O. The lowest BCUT2D eigenvalue weighted by Gasteiger charge is -2.20. The van der Waals surface area contributed by atoms with Crippen molar-refractivity contribution in [2.24, 2.45) is 5.92 Å². The second-order valence-electron chi connectivity index (χ2n) is 7.06. The fourth-order valence-electron chi connectivity index (χ4n) is 3.90. The highest BCUT2D eigenvalue weighted by Crippen LogP contribution is 2.37. The molecule has 2 unspecified atom stereocenters. The van der Waals surface area contributed by atoms with E-state index >= 15 is 0 Å². The fourth-order valence-corrected chi connectivity index (χ4v) is 3.90. The number of nitrogens with zero attached hydrogens (tertiary/aromatic N) is 4. The van der Waals surface area contributed by atoms with Crippen molar-refractivity contribution < 1.29 is 4.74 Å². The number of fused-ring (bicyclic) bond motifs is 1. The van der Waals surface area contributed by atoms with Gasteiger partial charge in [-0.3, -0.25) is 4.68 Å². The van der Waals surface area contributed by atoms with Crippen LogP contribution in [0.3, 0.4) is 0 Å². The molecule has 0 saturated heterocycles. The Balaban J connectivity index is 1.69. The second-order valence-corrected chi connectivity index (χ2v) is 7.06. The van der Waals surface area contributed by atoms with E-state index in [0.29, 0.717) is 18.3 Å². The van der Waals surface area contributed by atoms with Crippen molar-refractivity contribution in [2.75, 3.05) is 5.73 Å². The van der Waals surface area contributed by atoms with Gasteiger partial charge in [-0.1, -0.05) is 49.6 Å². The SMILES string of the molecule is N#CC1CCCCCC1n1nc(N)c2c(OCc3ccccc3)nccc21. The molecule has 1 aromatic carbocycles. The molecule has 2 heterocycles. The number of nitriles is 1. The standard InChI is InChI=1S/C21H23N5O/c22-13-16-9-5-2-6-10-17(16)26-18-11-12-24-21(19(18)20(23)25-26)27-14-15-7-3-1-4-8-15/h1,3-4,7-8,11-12,16-17H,2,5-6,9-10,14H2,(H2,23,25).